The van der Waals surface area contributed by atoms with E-state index < -0.39 is 0 Å². The van der Waals surface area contributed by atoms with E-state index in [1.807, 2.05) is 11.6 Å². The summed E-state index contributed by atoms with van der Waals surface area (Å²) in [5.74, 6) is 1.84. The topological polar surface area (TPSA) is 72.9 Å². The fraction of sp³-hybridized carbons (Fsp3) is 0.600. The lowest BCUT2D eigenvalue weighted by molar-refractivity contribution is -0.127. The predicted molar refractivity (Wildman–Crippen MR) is 98.9 cm³/mol. The molecule has 6 heteroatoms. The van der Waals surface area contributed by atoms with E-state index >= 15 is 0 Å². The number of imidazole rings is 1. The number of hydrogen-bond acceptors (Lipinski definition) is 3. The van der Waals surface area contributed by atoms with E-state index in [0.717, 1.165) is 37.0 Å². The summed E-state index contributed by atoms with van der Waals surface area (Å²) in [4.78, 5) is 17.1. The largest absolute Gasteiger partial charge is 0.355 e. The predicted octanol–water partition coefficient (Wildman–Crippen LogP) is 2.52. The molecule has 1 heterocycles. The Morgan fingerprint density at radius 3 is 2.81 bits per heavy atom. The summed E-state index contributed by atoms with van der Waals surface area (Å²) >= 11 is 0. The van der Waals surface area contributed by atoms with Crippen LogP contribution in [0, 0.1) is 23.6 Å². The minimum absolute atomic E-state index is 0.0969. The monoisotopic (exact) mass is 358 g/mol. The van der Waals surface area contributed by atoms with E-state index in [0.29, 0.717) is 30.3 Å². The Morgan fingerprint density at radius 2 is 2.08 bits per heavy atom. The maximum absolute atomic E-state index is 13.4. The summed E-state index contributed by atoms with van der Waals surface area (Å²) in [6.07, 6.45) is 6.07. The summed E-state index contributed by atoms with van der Waals surface area (Å²) in [6, 6.07) is 4.92. The van der Waals surface area contributed by atoms with Gasteiger partial charge in [0.05, 0.1) is 11.0 Å². The quantitative estimate of drug-likeness (QED) is 0.882. The molecule has 1 amide bonds. The first-order valence-electron chi connectivity index (χ1n) is 9.67. The van der Waals surface area contributed by atoms with Crippen LogP contribution in [-0.4, -0.2) is 28.0 Å². The van der Waals surface area contributed by atoms with Gasteiger partial charge in [-0.05, 0) is 49.7 Å². The fourth-order valence-electron chi connectivity index (χ4n) is 4.89. The lowest BCUT2D eigenvalue weighted by Crippen LogP contribution is -2.49. The molecule has 0 aliphatic heterocycles. The van der Waals surface area contributed by atoms with Crippen LogP contribution in [0.1, 0.15) is 37.9 Å². The molecule has 0 radical (unpaired) electrons. The zero-order valence-corrected chi connectivity index (χ0v) is 15.2. The Kier molecular flexibility index (Phi) is 4.69. The molecule has 2 unspecified atom stereocenters. The third kappa shape index (κ3) is 3.22. The average molecular weight is 358 g/mol. The van der Waals surface area contributed by atoms with Gasteiger partial charge in [0.25, 0.3) is 0 Å². The Morgan fingerprint density at radius 1 is 1.35 bits per heavy atom. The molecule has 0 spiro atoms. The highest BCUT2D eigenvalue weighted by atomic mass is 19.1. The Bertz CT molecular complexity index is 803. The van der Waals surface area contributed by atoms with E-state index in [9.17, 15) is 9.18 Å². The number of nitrogens with one attached hydrogen (secondary N) is 1. The molecule has 2 saturated carbocycles. The highest BCUT2D eigenvalue weighted by Gasteiger charge is 2.40. The first kappa shape index (κ1) is 17.5. The maximum atomic E-state index is 13.4. The highest BCUT2D eigenvalue weighted by molar-refractivity contribution is 5.79. The molecule has 2 fully saturated rings. The number of halogens is 1. The van der Waals surface area contributed by atoms with Gasteiger partial charge < -0.3 is 15.6 Å². The summed E-state index contributed by atoms with van der Waals surface area (Å²) in [6.45, 7) is 0.552. The molecule has 4 rings (SSSR count). The maximum Gasteiger partial charge on any atom is 0.223 e. The van der Waals surface area contributed by atoms with Gasteiger partial charge in [-0.15, -0.1) is 0 Å². The molecule has 2 bridgehead atoms. The van der Waals surface area contributed by atoms with Crippen LogP contribution < -0.4 is 11.1 Å². The number of aryl methyl sites for hydroxylation is 1. The number of nitrogens with zero attached hydrogens (tertiary/aromatic N) is 2. The van der Waals surface area contributed by atoms with E-state index in [-0.39, 0.29) is 23.7 Å². The standard InChI is InChI=1S/C20H27FN4O/c1-25-17-6-5-15(21)11-16(17)24-18(25)7-8-23-20(26)14-9-12-3-2-4-13(10-14)19(12)22/h5-6,11-14,19H,2-4,7-10,22H2,1H3,(H,23,26). The van der Waals surface area contributed by atoms with Crippen molar-refractivity contribution in [2.24, 2.45) is 30.5 Å². The van der Waals surface area contributed by atoms with Crippen molar-refractivity contribution < 1.29 is 9.18 Å². The van der Waals surface area contributed by atoms with Crippen molar-refractivity contribution in [1.29, 1.82) is 0 Å². The van der Waals surface area contributed by atoms with Crippen LogP contribution in [0.3, 0.4) is 0 Å². The van der Waals surface area contributed by atoms with Crippen molar-refractivity contribution in [3.63, 3.8) is 0 Å². The Labute approximate surface area is 153 Å². The van der Waals surface area contributed by atoms with Gasteiger partial charge in [0.2, 0.25) is 5.91 Å². The second-order valence-corrected chi connectivity index (χ2v) is 7.96. The molecule has 2 atom stereocenters. The summed E-state index contributed by atoms with van der Waals surface area (Å²) in [7, 11) is 1.92. The van der Waals surface area contributed by atoms with Gasteiger partial charge in [0.1, 0.15) is 11.6 Å². The molecule has 5 nitrogen and oxygen atoms in total. The molecule has 0 saturated heterocycles. The van der Waals surface area contributed by atoms with Gasteiger partial charge in [-0.3, -0.25) is 4.79 Å². The van der Waals surface area contributed by atoms with Gasteiger partial charge in [-0.1, -0.05) is 6.42 Å². The molecule has 1 aromatic carbocycles. The minimum atomic E-state index is -0.281. The average Bonchev–Trinajstić information content (AvgIpc) is 2.90. The van der Waals surface area contributed by atoms with Crippen LogP contribution in [0.15, 0.2) is 18.2 Å². The highest BCUT2D eigenvalue weighted by Crippen LogP contribution is 2.41. The smallest absolute Gasteiger partial charge is 0.223 e. The number of carbonyl (C=O) groups excluding carboxylic acids is 1. The number of benzene rings is 1. The van der Waals surface area contributed by atoms with Crippen molar-refractivity contribution in [3.05, 3.63) is 29.8 Å². The summed E-state index contributed by atoms with van der Waals surface area (Å²) < 4.78 is 15.3. The number of rotatable bonds is 4. The van der Waals surface area contributed by atoms with Gasteiger partial charge in [0.15, 0.2) is 0 Å². The van der Waals surface area contributed by atoms with Gasteiger partial charge >= 0.3 is 0 Å². The number of fused-ring (bicyclic) bond motifs is 3. The van der Waals surface area contributed by atoms with Crippen LogP contribution in [0.4, 0.5) is 4.39 Å². The molecule has 1 aromatic heterocycles. The Balaban J connectivity index is 1.35. The summed E-state index contributed by atoms with van der Waals surface area (Å²) in [5, 5.41) is 3.08. The molecular formula is C20H27FN4O. The van der Waals surface area contributed by atoms with Crippen molar-refractivity contribution >= 4 is 16.9 Å². The van der Waals surface area contributed by atoms with Crippen LogP contribution in [0.25, 0.3) is 11.0 Å². The molecule has 2 aliphatic rings. The number of carbonyl (C=O) groups is 1. The normalized spacial score (nSPS) is 28.3. The van der Waals surface area contributed by atoms with E-state index in [4.69, 9.17) is 5.73 Å². The molecule has 26 heavy (non-hydrogen) atoms. The van der Waals surface area contributed by atoms with Gasteiger partial charge in [-0.25, -0.2) is 9.37 Å². The molecule has 2 aromatic rings. The fourth-order valence-corrected chi connectivity index (χ4v) is 4.89. The minimum Gasteiger partial charge on any atom is -0.355 e. The lowest BCUT2D eigenvalue weighted by atomic mass is 9.65. The van der Waals surface area contributed by atoms with Gasteiger partial charge in [-0.2, -0.15) is 0 Å². The third-order valence-corrected chi connectivity index (χ3v) is 6.37. The van der Waals surface area contributed by atoms with E-state index in [1.165, 1.54) is 18.6 Å². The molecule has 2 aliphatic carbocycles. The Hall–Kier alpha value is -1.95. The third-order valence-electron chi connectivity index (χ3n) is 6.37. The van der Waals surface area contributed by atoms with Crippen LogP contribution in [-0.2, 0) is 18.3 Å². The number of nitrogens with two attached hydrogens (primary N) is 1. The van der Waals surface area contributed by atoms with Crippen LogP contribution in [0.2, 0.25) is 0 Å². The zero-order chi connectivity index (χ0) is 18.3. The molecule has 3 N–H and O–H groups in total. The van der Waals surface area contributed by atoms with Crippen LogP contribution in [0.5, 0.6) is 0 Å². The van der Waals surface area contributed by atoms with Crippen molar-refractivity contribution in [2.45, 2.75) is 44.6 Å². The first-order chi connectivity index (χ1) is 12.5. The van der Waals surface area contributed by atoms with Crippen molar-refractivity contribution in [1.82, 2.24) is 14.9 Å². The first-order valence-corrected chi connectivity index (χ1v) is 9.67. The van der Waals surface area contributed by atoms with Crippen molar-refractivity contribution in [2.75, 3.05) is 6.54 Å². The summed E-state index contributed by atoms with van der Waals surface area (Å²) in [5.41, 5.74) is 7.88. The zero-order valence-electron chi connectivity index (χ0n) is 15.2. The van der Waals surface area contributed by atoms with E-state index in [2.05, 4.69) is 10.3 Å². The lowest BCUT2D eigenvalue weighted by Gasteiger charge is -2.43. The molecule has 140 valence electrons. The second-order valence-electron chi connectivity index (χ2n) is 7.96. The van der Waals surface area contributed by atoms with Gasteiger partial charge in [0, 0.05) is 38.0 Å². The van der Waals surface area contributed by atoms with E-state index in [1.54, 1.807) is 6.07 Å². The SMILES string of the molecule is Cn1c(CCNC(=O)C2CC3CCCC(C2)C3N)nc2cc(F)ccc21. The number of aromatic nitrogens is 2. The second kappa shape index (κ2) is 6.99. The van der Waals surface area contributed by atoms with Crippen LogP contribution >= 0.6 is 0 Å². The molecular weight excluding hydrogens is 331 g/mol. The number of amides is 1. The van der Waals surface area contributed by atoms with Crippen molar-refractivity contribution in [3.8, 4) is 0 Å². The number of hydrogen-bond donors (Lipinski definition) is 2.